The Kier molecular flexibility index (Phi) is 10.9. The summed E-state index contributed by atoms with van der Waals surface area (Å²) < 4.78 is 0. The van der Waals surface area contributed by atoms with Gasteiger partial charge in [-0.05, 0) is 39.3 Å². The Hall–Kier alpha value is -0.610. The van der Waals surface area contributed by atoms with Crippen LogP contribution in [0.3, 0.4) is 0 Å². The van der Waals surface area contributed by atoms with Gasteiger partial charge in [-0.25, -0.2) is 0 Å². The summed E-state index contributed by atoms with van der Waals surface area (Å²) in [7, 11) is 0. The quantitative estimate of drug-likeness (QED) is 0.604. The van der Waals surface area contributed by atoms with E-state index >= 15 is 0 Å². The second-order valence-corrected chi connectivity index (χ2v) is 5.53. The molecule has 4 nitrogen and oxygen atoms in total. The maximum Gasteiger partial charge on any atom is 0.222 e. The zero-order chi connectivity index (χ0) is 14.7. The largest absolute Gasteiger partial charge is 0.355 e. The van der Waals surface area contributed by atoms with Crippen molar-refractivity contribution in [1.29, 1.82) is 0 Å². The molecule has 0 heterocycles. The highest BCUT2D eigenvalue weighted by Crippen LogP contribution is 2.08. The van der Waals surface area contributed by atoms with Crippen molar-refractivity contribution in [1.82, 2.24) is 10.2 Å². The normalized spacial score (nSPS) is 14.4. The van der Waals surface area contributed by atoms with E-state index in [1.165, 1.54) is 0 Å². The van der Waals surface area contributed by atoms with E-state index in [1.54, 1.807) is 0 Å². The highest BCUT2D eigenvalue weighted by molar-refractivity contribution is 5.78. The Balaban J connectivity index is 3.71. The molecule has 0 saturated heterocycles. The van der Waals surface area contributed by atoms with Crippen molar-refractivity contribution in [3.05, 3.63) is 0 Å². The summed E-state index contributed by atoms with van der Waals surface area (Å²) in [6.45, 7) is 12.2. The first-order chi connectivity index (χ1) is 9.01. The molecule has 0 aliphatic heterocycles. The van der Waals surface area contributed by atoms with E-state index in [1.807, 2.05) is 13.8 Å². The smallest absolute Gasteiger partial charge is 0.222 e. The van der Waals surface area contributed by atoms with Crippen LogP contribution < -0.4 is 11.1 Å². The summed E-state index contributed by atoms with van der Waals surface area (Å²) in [5.41, 5.74) is 5.71. The Morgan fingerprint density at radius 2 is 1.89 bits per heavy atom. The van der Waals surface area contributed by atoms with Crippen LogP contribution in [-0.2, 0) is 4.79 Å². The second kappa shape index (κ2) is 11.2. The minimum absolute atomic E-state index is 0.0972. The van der Waals surface area contributed by atoms with Crippen LogP contribution in [0.2, 0.25) is 0 Å². The van der Waals surface area contributed by atoms with Crippen molar-refractivity contribution in [3.8, 4) is 0 Å². The lowest BCUT2D eigenvalue weighted by atomic mass is 10.0. The van der Waals surface area contributed by atoms with Crippen molar-refractivity contribution in [3.63, 3.8) is 0 Å². The molecule has 0 saturated carbocycles. The number of hydrogen-bond acceptors (Lipinski definition) is 3. The fourth-order valence-electron chi connectivity index (χ4n) is 2.13. The third kappa shape index (κ3) is 9.91. The Labute approximate surface area is 119 Å². The molecule has 2 atom stereocenters. The molecular formula is C15H33N3O. The van der Waals surface area contributed by atoms with Crippen LogP contribution >= 0.6 is 0 Å². The summed E-state index contributed by atoms with van der Waals surface area (Å²) >= 11 is 0. The summed E-state index contributed by atoms with van der Waals surface area (Å²) in [6, 6.07) is 0.238. The predicted molar refractivity (Wildman–Crippen MR) is 82.1 cm³/mol. The fraction of sp³-hybridized carbons (Fsp3) is 0.933. The molecule has 0 aliphatic rings. The highest BCUT2D eigenvalue weighted by atomic mass is 16.1. The fourth-order valence-corrected chi connectivity index (χ4v) is 2.13. The zero-order valence-electron chi connectivity index (χ0n) is 13.2. The van der Waals surface area contributed by atoms with Gasteiger partial charge in [-0.1, -0.05) is 27.2 Å². The van der Waals surface area contributed by atoms with Gasteiger partial charge in [0.25, 0.3) is 0 Å². The van der Waals surface area contributed by atoms with Crippen LogP contribution in [0.25, 0.3) is 0 Å². The molecule has 3 N–H and O–H groups in total. The average Bonchev–Trinajstić information content (AvgIpc) is 2.36. The first-order valence-electron chi connectivity index (χ1n) is 7.76. The number of hydrogen-bond donors (Lipinski definition) is 2. The first-order valence-corrected chi connectivity index (χ1v) is 7.76. The summed E-state index contributed by atoms with van der Waals surface area (Å²) in [6.07, 6.45) is 4.12. The van der Waals surface area contributed by atoms with Gasteiger partial charge in [0.1, 0.15) is 0 Å². The first kappa shape index (κ1) is 18.4. The molecule has 2 unspecified atom stereocenters. The maximum absolute atomic E-state index is 11.9. The van der Waals surface area contributed by atoms with E-state index in [-0.39, 0.29) is 17.9 Å². The molecule has 0 rings (SSSR count). The Morgan fingerprint density at radius 3 is 2.42 bits per heavy atom. The summed E-state index contributed by atoms with van der Waals surface area (Å²) in [5, 5.41) is 3.03. The van der Waals surface area contributed by atoms with Gasteiger partial charge in [-0.15, -0.1) is 0 Å². The van der Waals surface area contributed by atoms with Gasteiger partial charge in [0.05, 0.1) is 0 Å². The number of amides is 1. The molecule has 0 aromatic heterocycles. The number of likely N-dealkylation sites (N-methyl/N-ethyl adjacent to an activating group) is 1. The molecule has 0 aliphatic carbocycles. The van der Waals surface area contributed by atoms with E-state index in [9.17, 15) is 4.79 Å². The van der Waals surface area contributed by atoms with Gasteiger partial charge in [0, 0.05) is 25.0 Å². The van der Waals surface area contributed by atoms with Crippen LogP contribution in [0.15, 0.2) is 0 Å². The van der Waals surface area contributed by atoms with Crippen LogP contribution in [0.5, 0.6) is 0 Å². The molecule has 0 bridgehead atoms. The standard InChI is InChI=1S/C15H33N3O/c1-5-11-18(6-2)12-10-17-15(19)13(3)8-7-9-14(4)16/h13-14H,5-12,16H2,1-4H3,(H,17,19). The molecule has 4 heteroatoms. The van der Waals surface area contributed by atoms with E-state index in [2.05, 4.69) is 24.1 Å². The lowest BCUT2D eigenvalue weighted by Gasteiger charge is -2.20. The van der Waals surface area contributed by atoms with Gasteiger partial charge in [0.15, 0.2) is 0 Å². The third-order valence-corrected chi connectivity index (χ3v) is 3.46. The molecule has 0 fully saturated rings. The van der Waals surface area contributed by atoms with Crippen molar-refractivity contribution in [2.45, 2.75) is 59.4 Å². The van der Waals surface area contributed by atoms with Crippen molar-refractivity contribution >= 4 is 5.91 Å². The number of rotatable bonds is 11. The number of carbonyl (C=O) groups is 1. The number of nitrogens with two attached hydrogens (primary N) is 1. The monoisotopic (exact) mass is 271 g/mol. The number of nitrogens with one attached hydrogen (secondary N) is 1. The van der Waals surface area contributed by atoms with Gasteiger partial charge >= 0.3 is 0 Å². The Morgan fingerprint density at radius 1 is 1.21 bits per heavy atom. The van der Waals surface area contributed by atoms with Crippen LogP contribution in [-0.4, -0.2) is 43.0 Å². The topological polar surface area (TPSA) is 58.4 Å². The zero-order valence-corrected chi connectivity index (χ0v) is 13.2. The van der Waals surface area contributed by atoms with E-state index in [0.29, 0.717) is 0 Å². The third-order valence-electron chi connectivity index (χ3n) is 3.46. The molecule has 19 heavy (non-hydrogen) atoms. The molecule has 0 aromatic rings. The van der Waals surface area contributed by atoms with Gasteiger partial charge < -0.3 is 16.0 Å². The predicted octanol–water partition coefficient (Wildman–Crippen LogP) is 1.99. The van der Waals surface area contributed by atoms with E-state index < -0.39 is 0 Å². The van der Waals surface area contributed by atoms with Crippen LogP contribution in [0.4, 0.5) is 0 Å². The van der Waals surface area contributed by atoms with E-state index in [4.69, 9.17) is 5.73 Å². The molecule has 114 valence electrons. The second-order valence-electron chi connectivity index (χ2n) is 5.53. The van der Waals surface area contributed by atoms with Gasteiger partial charge in [-0.2, -0.15) is 0 Å². The Bertz CT molecular complexity index is 231. The molecule has 1 amide bonds. The lowest BCUT2D eigenvalue weighted by molar-refractivity contribution is -0.124. The molecular weight excluding hydrogens is 238 g/mol. The molecule has 0 aromatic carbocycles. The van der Waals surface area contributed by atoms with Gasteiger partial charge in [0.2, 0.25) is 5.91 Å². The van der Waals surface area contributed by atoms with Crippen molar-refractivity contribution in [2.24, 2.45) is 11.7 Å². The van der Waals surface area contributed by atoms with Crippen LogP contribution in [0, 0.1) is 5.92 Å². The van der Waals surface area contributed by atoms with Crippen molar-refractivity contribution in [2.75, 3.05) is 26.2 Å². The SMILES string of the molecule is CCCN(CC)CCNC(=O)C(C)CCCC(C)N. The molecule has 0 radical (unpaired) electrons. The minimum atomic E-state index is 0.0972. The van der Waals surface area contributed by atoms with Crippen molar-refractivity contribution < 1.29 is 4.79 Å². The minimum Gasteiger partial charge on any atom is -0.355 e. The molecule has 0 spiro atoms. The number of nitrogens with zero attached hydrogens (tertiary/aromatic N) is 1. The lowest BCUT2D eigenvalue weighted by Crippen LogP contribution is -2.37. The van der Waals surface area contributed by atoms with Crippen LogP contribution in [0.1, 0.15) is 53.4 Å². The summed E-state index contributed by atoms with van der Waals surface area (Å²) in [5.74, 6) is 0.275. The average molecular weight is 271 g/mol. The maximum atomic E-state index is 11.9. The highest BCUT2D eigenvalue weighted by Gasteiger charge is 2.12. The van der Waals surface area contributed by atoms with E-state index in [0.717, 1.165) is 51.9 Å². The summed E-state index contributed by atoms with van der Waals surface area (Å²) in [4.78, 5) is 14.2. The van der Waals surface area contributed by atoms with Gasteiger partial charge in [-0.3, -0.25) is 4.79 Å². The number of carbonyl (C=O) groups excluding carboxylic acids is 1.